The number of esters is 2. The third-order valence-corrected chi connectivity index (χ3v) is 5.45. The Balaban J connectivity index is 1.84. The summed E-state index contributed by atoms with van der Waals surface area (Å²) in [6, 6.07) is 4.26. The van der Waals surface area contributed by atoms with Crippen molar-refractivity contribution in [3.05, 3.63) is 35.3 Å². The monoisotopic (exact) mass is 494 g/mol. The third-order valence-electron chi connectivity index (χ3n) is 5.45. The van der Waals surface area contributed by atoms with Gasteiger partial charge in [-0.3, -0.25) is 0 Å². The predicted molar refractivity (Wildman–Crippen MR) is 122 cm³/mol. The lowest BCUT2D eigenvalue weighted by Crippen LogP contribution is -2.44. The normalized spacial score (nSPS) is 17.2. The van der Waals surface area contributed by atoms with Gasteiger partial charge in [0.15, 0.2) is 11.6 Å². The highest BCUT2D eigenvalue weighted by atomic mass is 19.1. The first-order valence-electron chi connectivity index (χ1n) is 11.2. The van der Waals surface area contributed by atoms with E-state index in [0.717, 1.165) is 0 Å². The van der Waals surface area contributed by atoms with Gasteiger partial charge in [-0.15, -0.1) is 0 Å². The Hall–Kier alpha value is -3.34. The molecule has 1 aromatic rings. The minimum absolute atomic E-state index is 0.0496. The quantitative estimate of drug-likeness (QED) is 0.451. The maximum absolute atomic E-state index is 15.0. The molecule has 0 aromatic heterocycles. The van der Waals surface area contributed by atoms with Gasteiger partial charge in [-0.05, 0) is 32.9 Å². The van der Waals surface area contributed by atoms with Gasteiger partial charge in [0.2, 0.25) is 0 Å². The molecule has 1 amide bonds. The molecule has 0 aliphatic carbocycles. The van der Waals surface area contributed by atoms with Crippen molar-refractivity contribution in [1.82, 2.24) is 4.90 Å². The molecule has 0 unspecified atom stereocenters. The summed E-state index contributed by atoms with van der Waals surface area (Å²) in [4.78, 5) is 40.1. The molecule has 0 N–H and O–H groups in total. The fourth-order valence-electron chi connectivity index (χ4n) is 3.81. The van der Waals surface area contributed by atoms with Crippen LogP contribution in [0.3, 0.4) is 0 Å². The van der Waals surface area contributed by atoms with Gasteiger partial charge >= 0.3 is 18.0 Å². The number of methoxy groups -OCH3 is 2. The van der Waals surface area contributed by atoms with Crippen LogP contribution in [0.15, 0.2) is 29.5 Å². The molecule has 2 aliphatic heterocycles. The fourth-order valence-corrected chi connectivity index (χ4v) is 3.81. The Morgan fingerprint density at radius 2 is 1.71 bits per heavy atom. The molecule has 192 valence electrons. The number of amides is 1. The summed E-state index contributed by atoms with van der Waals surface area (Å²) in [5, 5.41) is 0. The predicted octanol–water partition coefficient (Wildman–Crippen LogP) is 3.00. The second-order valence-corrected chi connectivity index (χ2v) is 9.09. The van der Waals surface area contributed by atoms with Gasteiger partial charge < -0.3 is 33.5 Å². The first-order valence-corrected chi connectivity index (χ1v) is 11.2. The first-order chi connectivity index (χ1) is 16.6. The smallest absolute Gasteiger partial charge is 0.410 e. The molecule has 0 atom stereocenters. The number of rotatable bonds is 5. The summed E-state index contributed by atoms with van der Waals surface area (Å²) < 4.78 is 41.6. The van der Waals surface area contributed by atoms with Gasteiger partial charge in [0.05, 0.1) is 32.1 Å². The molecule has 35 heavy (non-hydrogen) atoms. The van der Waals surface area contributed by atoms with E-state index in [-0.39, 0.29) is 42.1 Å². The Kier molecular flexibility index (Phi) is 8.21. The topological polar surface area (TPSA) is 104 Å². The molecule has 1 aromatic carbocycles. The summed E-state index contributed by atoms with van der Waals surface area (Å²) >= 11 is 0. The molecular formula is C24H31FN2O8. The van der Waals surface area contributed by atoms with Crippen LogP contribution >= 0.6 is 0 Å². The average Bonchev–Trinajstić information content (AvgIpc) is 2.83. The third kappa shape index (κ3) is 6.21. The molecule has 3 rings (SSSR count). The molecule has 1 saturated heterocycles. The summed E-state index contributed by atoms with van der Waals surface area (Å²) in [6.45, 7) is 5.87. The number of carbonyl (C=O) groups is 3. The lowest BCUT2D eigenvalue weighted by atomic mass is 10.1. The Labute approximate surface area is 203 Å². The molecule has 2 heterocycles. The second kappa shape index (κ2) is 10.9. The van der Waals surface area contributed by atoms with Crippen molar-refractivity contribution in [2.24, 2.45) is 0 Å². The van der Waals surface area contributed by atoms with E-state index in [4.69, 9.17) is 23.7 Å². The lowest BCUT2D eigenvalue weighted by molar-refractivity contribution is -0.140. The number of ether oxygens (including phenoxy) is 5. The fraction of sp³-hybridized carbons (Fsp3) is 0.542. The van der Waals surface area contributed by atoms with E-state index >= 15 is 0 Å². The van der Waals surface area contributed by atoms with Crippen LogP contribution in [0.25, 0.3) is 0 Å². The number of anilines is 1. The van der Waals surface area contributed by atoms with Crippen molar-refractivity contribution >= 4 is 23.7 Å². The first kappa shape index (κ1) is 26.3. The van der Waals surface area contributed by atoms with Crippen LogP contribution in [-0.2, 0) is 28.5 Å². The van der Waals surface area contributed by atoms with Crippen LogP contribution in [0.2, 0.25) is 0 Å². The number of halogens is 1. The summed E-state index contributed by atoms with van der Waals surface area (Å²) in [6.07, 6.45) is 0.115. The van der Waals surface area contributed by atoms with Crippen molar-refractivity contribution in [2.45, 2.75) is 45.3 Å². The van der Waals surface area contributed by atoms with Gasteiger partial charge in [-0.1, -0.05) is 6.07 Å². The number of piperidine rings is 1. The van der Waals surface area contributed by atoms with Crippen LogP contribution in [0.1, 0.15) is 33.6 Å². The SMILES string of the molecule is COC(=O)C1=C(C(=O)OC)N(c2cccc(F)c2OC2CCN(C(=O)OC(C)(C)C)CC2)COC1. The maximum Gasteiger partial charge on any atom is 0.410 e. The van der Waals surface area contributed by atoms with Crippen molar-refractivity contribution in [1.29, 1.82) is 0 Å². The summed E-state index contributed by atoms with van der Waals surface area (Å²) in [5.41, 5.74) is -0.565. The van der Waals surface area contributed by atoms with E-state index in [1.165, 1.54) is 31.3 Å². The minimum atomic E-state index is -0.797. The number of carbonyl (C=O) groups excluding carboxylic acids is 3. The van der Waals surface area contributed by atoms with Crippen molar-refractivity contribution < 1.29 is 42.5 Å². The van der Waals surface area contributed by atoms with Crippen LogP contribution in [0, 0.1) is 5.82 Å². The van der Waals surface area contributed by atoms with Crippen molar-refractivity contribution in [3.8, 4) is 5.75 Å². The standard InChI is InChI=1S/C24H31FN2O8/c1-24(2,3)35-23(30)26-11-9-15(10-12-26)34-20-17(25)7-6-8-18(20)27-14-33-13-16(21(28)31-4)19(27)22(29)32-5/h6-8,15H,9-14H2,1-5H3. The van der Waals surface area contributed by atoms with E-state index in [1.807, 2.05) is 0 Å². The van der Waals surface area contributed by atoms with Crippen molar-refractivity contribution in [2.75, 3.05) is 45.5 Å². The molecule has 0 saturated carbocycles. The average molecular weight is 495 g/mol. The number of likely N-dealkylation sites (tertiary alicyclic amines) is 1. The zero-order valence-corrected chi connectivity index (χ0v) is 20.6. The molecular weight excluding hydrogens is 463 g/mol. The van der Waals surface area contributed by atoms with Gasteiger partial charge in [-0.25, -0.2) is 18.8 Å². The Morgan fingerprint density at radius 1 is 1.06 bits per heavy atom. The maximum atomic E-state index is 15.0. The van der Waals surface area contributed by atoms with Gasteiger partial charge in [-0.2, -0.15) is 0 Å². The molecule has 1 fully saturated rings. The van der Waals surface area contributed by atoms with E-state index in [0.29, 0.717) is 25.9 Å². The highest BCUT2D eigenvalue weighted by Crippen LogP contribution is 2.37. The van der Waals surface area contributed by atoms with Gasteiger partial charge in [0, 0.05) is 25.9 Å². The van der Waals surface area contributed by atoms with Crippen LogP contribution in [0.5, 0.6) is 5.75 Å². The van der Waals surface area contributed by atoms with Crippen LogP contribution < -0.4 is 9.64 Å². The van der Waals surface area contributed by atoms with E-state index in [2.05, 4.69) is 0 Å². The van der Waals surface area contributed by atoms with Crippen molar-refractivity contribution in [3.63, 3.8) is 0 Å². The Morgan fingerprint density at radius 3 is 2.31 bits per heavy atom. The number of hydrogen-bond acceptors (Lipinski definition) is 9. The molecule has 2 aliphatic rings. The molecule has 0 radical (unpaired) electrons. The van der Waals surface area contributed by atoms with Crippen LogP contribution in [-0.4, -0.2) is 75.3 Å². The lowest BCUT2D eigenvalue weighted by Gasteiger charge is -2.35. The number of nitrogens with zero attached hydrogens (tertiary/aromatic N) is 2. The van der Waals surface area contributed by atoms with Gasteiger partial charge in [0.1, 0.15) is 24.1 Å². The number of benzene rings is 1. The summed E-state index contributed by atoms with van der Waals surface area (Å²) in [5.74, 6) is -2.30. The molecule has 0 spiro atoms. The summed E-state index contributed by atoms with van der Waals surface area (Å²) in [7, 11) is 2.36. The highest BCUT2D eigenvalue weighted by molar-refractivity contribution is 6.03. The number of hydrogen-bond donors (Lipinski definition) is 0. The minimum Gasteiger partial charge on any atom is -0.485 e. The van der Waals surface area contributed by atoms with Gasteiger partial charge in [0.25, 0.3) is 0 Å². The van der Waals surface area contributed by atoms with E-state index < -0.39 is 29.5 Å². The zero-order valence-electron chi connectivity index (χ0n) is 20.6. The molecule has 10 nitrogen and oxygen atoms in total. The Bertz CT molecular complexity index is 996. The zero-order chi connectivity index (χ0) is 25.8. The van der Waals surface area contributed by atoms with E-state index in [1.54, 1.807) is 31.7 Å². The molecule has 0 bridgehead atoms. The number of para-hydroxylation sites is 1. The van der Waals surface area contributed by atoms with E-state index in [9.17, 15) is 18.8 Å². The highest BCUT2D eigenvalue weighted by Gasteiger charge is 2.35. The van der Waals surface area contributed by atoms with Crippen LogP contribution in [0.4, 0.5) is 14.9 Å². The second-order valence-electron chi connectivity index (χ2n) is 9.09. The molecule has 11 heteroatoms. The largest absolute Gasteiger partial charge is 0.485 e.